The molecule has 1 aliphatic carbocycles. The van der Waals surface area contributed by atoms with Crippen molar-refractivity contribution in [2.75, 3.05) is 0 Å². The number of aryl methyl sites for hydroxylation is 3. The van der Waals surface area contributed by atoms with Gasteiger partial charge in [-0.1, -0.05) is 6.42 Å². The number of hydrogen-bond acceptors (Lipinski definition) is 2. The molecule has 2 heteroatoms. The molecule has 0 N–H and O–H groups in total. The maximum atomic E-state index is 12.3. The van der Waals surface area contributed by atoms with E-state index in [-0.39, 0.29) is 5.63 Å². The van der Waals surface area contributed by atoms with Gasteiger partial charge in [-0.2, -0.15) is 0 Å². The highest BCUT2D eigenvalue weighted by Gasteiger charge is 2.21. The number of hydrogen-bond donors (Lipinski definition) is 0. The molecule has 0 bridgehead atoms. The molecule has 20 heavy (non-hydrogen) atoms. The average molecular weight is 270 g/mol. The van der Waals surface area contributed by atoms with E-state index < -0.39 is 0 Å². The van der Waals surface area contributed by atoms with Crippen LogP contribution in [0.15, 0.2) is 9.21 Å². The third-order valence-corrected chi connectivity index (χ3v) is 5.09. The molecule has 1 aliphatic rings. The van der Waals surface area contributed by atoms with Crippen LogP contribution < -0.4 is 5.63 Å². The van der Waals surface area contributed by atoms with Crippen LogP contribution in [-0.4, -0.2) is 0 Å². The molecule has 0 fully saturated rings. The summed E-state index contributed by atoms with van der Waals surface area (Å²) in [5.41, 5.74) is 7.87. The van der Waals surface area contributed by atoms with E-state index in [1.807, 2.05) is 0 Å². The van der Waals surface area contributed by atoms with Crippen molar-refractivity contribution in [2.24, 2.45) is 0 Å². The van der Waals surface area contributed by atoms with Gasteiger partial charge >= 0.3 is 5.63 Å². The first-order chi connectivity index (χ1) is 9.52. The van der Waals surface area contributed by atoms with Crippen LogP contribution in [0.25, 0.3) is 11.0 Å². The molecule has 0 saturated carbocycles. The van der Waals surface area contributed by atoms with Crippen LogP contribution in [0.5, 0.6) is 0 Å². The summed E-state index contributed by atoms with van der Waals surface area (Å²) in [4.78, 5) is 12.3. The molecule has 0 radical (unpaired) electrons. The maximum absolute atomic E-state index is 12.3. The summed E-state index contributed by atoms with van der Waals surface area (Å²) in [7, 11) is 0. The fourth-order valence-electron chi connectivity index (χ4n) is 3.51. The quantitative estimate of drug-likeness (QED) is 0.528. The molecular weight excluding hydrogens is 248 g/mol. The van der Waals surface area contributed by atoms with Crippen LogP contribution in [0.1, 0.15) is 52.6 Å². The van der Waals surface area contributed by atoms with Crippen molar-refractivity contribution in [3.05, 3.63) is 43.8 Å². The number of fused-ring (bicyclic) bond motifs is 3. The minimum absolute atomic E-state index is 0.111. The van der Waals surface area contributed by atoms with Crippen molar-refractivity contribution in [1.82, 2.24) is 0 Å². The molecule has 0 amide bonds. The van der Waals surface area contributed by atoms with E-state index in [0.29, 0.717) is 0 Å². The van der Waals surface area contributed by atoms with E-state index in [9.17, 15) is 4.79 Å². The maximum Gasteiger partial charge on any atom is 0.339 e. The van der Waals surface area contributed by atoms with Gasteiger partial charge < -0.3 is 4.42 Å². The molecule has 106 valence electrons. The summed E-state index contributed by atoms with van der Waals surface area (Å²) in [6.45, 7) is 8.51. The second-order valence-electron chi connectivity index (χ2n) is 6.11. The molecule has 0 unspecified atom stereocenters. The fourth-order valence-corrected chi connectivity index (χ4v) is 3.51. The van der Waals surface area contributed by atoms with Gasteiger partial charge in [-0.05, 0) is 81.2 Å². The first-order valence-electron chi connectivity index (χ1n) is 7.57. The Morgan fingerprint density at radius 2 is 1.35 bits per heavy atom. The number of benzene rings is 1. The zero-order valence-corrected chi connectivity index (χ0v) is 12.9. The standard InChI is InChI=1S/C18H22O2/c1-10-11(2)13(4)17-16(12(10)3)14-8-6-5-7-9-15(14)18(19)20-17/h5-9H2,1-4H3. The molecule has 1 heterocycles. The summed E-state index contributed by atoms with van der Waals surface area (Å²) in [5, 5.41) is 1.21. The molecule has 2 nitrogen and oxygen atoms in total. The zero-order chi connectivity index (χ0) is 14.4. The topological polar surface area (TPSA) is 30.2 Å². The van der Waals surface area contributed by atoms with E-state index in [1.54, 1.807) is 0 Å². The largest absolute Gasteiger partial charge is 0.422 e. The molecule has 0 atom stereocenters. The molecule has 1 aromatic heterocycles. The summed E-state index contributed by atoms with van der Waals surface area (Å²) < 4.78 is 5.71. The van der Waals surface area contributed by atoms with Gasteiger partial charge in [-0.3, -0.25) is 0 Å². The van der Waals surface area contributed by atoms with Gasteiger partial charge in [0.1, 0.15) is 5.58 Å². The molecule has 0 spiro atoms. The summed E-state index contributed by atoms with van der Waals surface area (Å²) in [6, 6.07) is 0. The second-order valence-corrected chi connectivity index (χ2v) is 6.11. The Bertz CT molecular complexity index is 751. The van der Waals surface area contributed by atoms with Gasteiger partial charge in [0.05, 0.1) is 0 Å². The molecule has 3 rings (SSSR count). The second kappa shape index (κ2) is 4.76. The average Bonchev–Trinajstić information content (AvgIpc) is 2.69. The normalized spacial score (nSPS) is 15.2. The van der Waals surface area contributed by atoms with Gasteiger partial charge in [-0.15, -0.1) is 0 Å². The first kappa shape index (κ1) is 13.4. The van der Waals surface area contributed by atoms with Crippen LogP contribution in [0.2, 0.25) is 0 Å². The van der Waals surface area contributed by atoms with Crippen LogP contribution in [0.4, 0.5) is 0 Å². The predicted molar refractivity (Wildman–Crippen MR) is 82.7 cm³/mol. The highest BCUT2D eigenvalue weighted by atomic mass is 16.4. The summed E-state index contributed by atoms with van der Waals surface area (Å²) in [6.07, 6.45) is 5.38. The van der Waals surface area contributed by atoms with Crippen molar-refractivity contribution >= 4 is 11.0 Å². The van der Waals surface area contributed by atoms with E-state index in [2.05, 4.69) is 27.7 Å². The van der Waals surface area contributed by atoms with Crippen LogP contribution in [0, 0.1) is 27.7 Å². The smallest absolute Gasteiger partial charge is 0.339 e. The molecule has 2 aromatic rings. The Labute approximate surface area is 119 Å². The van der Waals surface area contributed by atoms with Crippen LogP contribution >= 0.6 is 0 Å². The monoisotopic (exact) mass is 270 g/mol. The van der Waals surface area contributed by atoms with Crippen molar-refractivity contribution in [1.29, 1.82) is 0 Å². The SMILES string of the molecule is Cc1c(C)c(C)c2c3c(c(=O)oc2c1C)CCCCC3. The first-order valence-corrected chi connectivity index (χ1v) is 7.57. The van der Waals surface area contributed by atoms with Gasteiger partial charge in [0, 0.05) is 10.9 Å². The highest BCUT2D eigenvalue weighted by Crippen LogP contribution is 2.34. The van der Waals surface area contributed by atoms with Crippen molar-refractivity contribution < 1.29 is 4.42 Å². The minimum atomic E-state index is -0.111. The minimum Gasteiger partial charge on any atom is -0.422 e. The Hall–Kier alpha value is -1.57. The molecule has 1 aromatic carbocycles. The Balaban J connectivity index is 2.52. The van der Waals surface area contributed by atoms with Crippen molar-refractivity contribution in [2.45, 2.75) is 59.8 Å². The van der Waals surface area contributed by atoms with E-state index in [0.717, 1.165) is 36.0 Å². The zero-order valence-electron chi connectivity index (χ0n) is 12.9. The molecule has 0 saturated heterocycles. The van der Waals surface area contributed by atoms with E-state index in [1.165, 1.54) is 40.5 Å². The predicted octanol–water partition coefficient (Wildman–Crippen LogP) is 4.30. The summed E-state index contributed by atoms with van der Waals surface area (Å²) in [5.74, 6) is 0. The fraction of sp³-hybridized carbons (Fsp3) is 0.500. The lowest BCUT2D eigenvalue weighted by Gasteiger charge is -2.17. The molecular formula is C18H22O2. The lowest BCUT2D eigenvalue weighted by molar-refractivity contribution is 0.544. The van der Waals surface area contributed by atoms with E-state index in [4.69, 9.17) is 4.42 Å². The Morgan fingerprint density at radius 1 is 0.750 bits per heavy atom. The molecule has 0 aliphatic heterocycles. The van der Waals surface area contributed by atoms with Crippen molar-refractivity contribution in [3.63, 3.8) is 0 Å². The highest BCUT2D eigenvalue weighted by molar-refractivity contribution is 5.89. The van der Waals surface area contributed by atoms with Gasteiger partial charge in [-0.25, -0.2) is 4.79 Å². The third kappa shape index (κ3) is 1.81. The lowest BCUT2D eigenvalue weighted by atomic mass is 9.90. The lowest BCUT2D eigenvalue weighted by Crippen LogP contribution is -2.12. The van der Waals surface area contributed by atoms with Gasteiger partial charge in [0.15, 0.2) is 0 Å². The van der Waals surface area contributed by atoms with Crippen LogP contribution in [0.3, 0.4) is 0 Å². The Morgan fingerprint density at radius 3 is 2.05 bits per heavy atom. The van der Waals surface area contributed by atoms with Crippen molar-refractivity contribution in [3.8, 4) is 0 Å². The van der Waals surface area contributed by atoms with E-state index >= 15 is 0 Å². The number of rotatable bonds is 0. The third-order valence-electron chi connectivity index (χ3n) is 5.09. The Kier molecular flexibility index (Phi) is 3.19. The summed E-state index contributed by atoms with van der Waals surface area (Å²) >= 11 is 0. The van der Waals surface area contributed by atoms with Crippen LogP contribution in [-0.2, 0) is 12.8 Å². The van der Waals surface area contributed by atoms with Gasteiger partial charge in [0.2, 0.25) is 0 Å². The van der Waals surface area contributed by atoms with Gasteiger partial charge in [0.25, 0.3) is 0 Å².